The molecule has 8 nitrogen and oxygen atoms in total. The van der Waals surface area contributed by atoms with Gasteiger partial charge in [0.05, 0.1) is 10.4 Å². The predicted molar refractivity (Wildman–Crippen MR) is 92.3 cm³/mol. The number of fused-ring (bicyclic) bond motifs is 1. The molecule has 1 amide bonds. The molecule has 9 heteroatoms. The molecule has 0 radical (unpaired) electrons. The summed E-state index contributed by atoms with van der Waals surface area (Å²) in [6.45, 7) is 0.780. The molecule has 1 atom stereocenters. The van der Waals surface area contributed by atoms with E-state index in [0.29, 0.717) is 36.1 Å². The lowest BCUT2D eigenvalue weighted by molar-refractivity contribution is -0.384. The molecule has 0 spiro atoms. The van der Waals surface area contributed by atoms with Gasteiger partial charge in [-0.1, -0.05) is 15.9 Å². The number of hydrogen-bond acceptors (Lipinski definition) is 5. The highest BCUT2D eigenvalue weighted by Crippen LogP contribution is 2.34. The van der Waals surface area contributed by atoms with E-state index in [9.17, 15) is 14.9 Å². The number of nitrogens with zero attached hydrogens (tertiary/aromatic N) is 3. The van der Waals surface area contributed by atoms with E-state index < -0.39 is 11.0 Å². The molecule has 0 saturated carbocycles. The molecular weight excluding hydrogens is 380 g/mol. The van der Waals surface area contributed by atoms with E-state index in [4.69, 9.17) is 5.11 Å². The van der Waals surface area contributed by atoms with Gasteiger partial charge in [-0.2, -0.15) is 0 Å². The molecule has 1 aliphatic rings. The maximum Gasteiger partial charge on any atom is 0.407 e. The van der Waals surface area contributed by atoms with Crippen LogP contribution in [0.4, 0.5) is 16.2 Å². The van der Waals surface area contributed by atoms with Crippen LogP contribution >= 0.6 is 15.9 Å². The zero-order valence-electron chi connectivity index (χ0n) is 12.6. The first-order chi connectivity index (χ1) is 11.5. The van der Waals surface area contributed by atoms with E-state index >= 15 is 0 Å². The lowest BCUT2D eigenvalue weighted by Crippen LogP contribution is -2.44. The third-order valence-electron chi connectivity index (χ3n) is 4.05. The van der Waals surface area contributed by atoms with Crippen LogP contribution in [-0.2, 0) is 0 Å². The maximum atomic E-state index is 11.4. The normalized spacial score (nSPS) is 17.7. The van der Waals surface area contributed by atoms with Crippen molar-refractivity contribution in [3.05, 3.63) is 39.0 Å². The van der Waals surface area contributed by atoms with Crippen molar-refractivity contribution in [1.82, 2.24) is 9.88 Å². The molecule has 2 N–H and O–H groups in total. The highest BCUT2D eigenvalue weighted by molar-refractivity contribution is 9.10. The van der Waals surface area contributed by atoms with Crippen LogP contribution in [0.2, 0.25) is 0 Å². The Morgan fingerprint density at radius 3 is 3.00 bits per heavy atom. The molecule has 0 bridgehead atoms. The van der Waals surface area contributed by atoms with Crippen molar-refractivity contribution in [3.8, 4) is 0 Å². The summed E-state index contributed by atoms with van der Waals surface area (Å²) in [7, 11) is 0. The summed E-state index contributed by atoms with van der Waals surface area (Å²) in [6, 6.07) is 5.18. The average molecular weight is 395 g/mol. The number of benzene rings is 1. The van der Waals surface area contributed by atoms with Crippen LogP contribution in [-0.4, -0.2) is 45.1 Å². The van der Waals surface area contributed by atoms with Crippen molar-refractivity contribution in [1.29, 1.82) is 0 Å². The summed E-state index contributed by atoms with van der Waals surface area (Å²) in [5.41, 5.74) is 0.897. The second kappa shape index (κ2) is 6.60. The topological polar surface area (TPSA) is 109 Å². The smallest absolute Gasteiger partial charge is 0.407 e. The number of anilines is 1. The summed E-state index contributed by atoms with van der Waals surface area (Å²) < 4.78 is 0.788. The lowest BCUT2D eigenvalue weighted by Gasteiger charge is -2.31. The standard InChI is InChI=1S/C15H15BrN4O4/c16-9-3-4-12-11(6-9)14(13(7-17-12)20(23)24)18-10-2-1-5-19(8-10)15(21)22/h3-4,6-7,10H,1-2,5,8H2,(H,17,18)(H,21,22)/t10-/m1/s1. The molecule has 126 valence electrons. The largest absolute Gasteiger partial charge is 0.465 e. The highest BCUT2D eigenvalue weighted by atomic mass is 79.9. The third-order valence-corrected chi connectivity index (χ3v) is 4.54. The molecule has 0 unspecified atom stereocenters. The highest BCUT2D eigenvalue weighted by Gasteiger charge is 2.26. The van der Waals surface area contributed by atoms with E-state index in [1.54, 1.807) is 12.1 Å². The van der Waals surface area contributed by atoms with E-state index in [1.807, 2.05) is 6.07 Å². The van der Waals surface area contributed by atoms with Crippen LogP contribution in [0.1, 0.15) is 12.8 Å². The summed E-state index contributed by atoms with van der Waals surface area (Å²) in [5, 5.41) is 24.3. The number of pyridine rings is 1. The van der Waals surface area contributed by atoms with Crippen molar-refractivity contribution in [3.63, 3.8) is 0 Å². The Bertz CT molecular complexity index is 813. The van der Waals surface area contributed by atoms with E-state index in [0.717, 1.165) is 10.9 Å². The Hall–Kier alpha value is -2.42. The fraction of sp³-hybridized carbons (Fsp3) is 0.333. The number of nitro groups is 1. The molecule has 1 saturated heterocycles. The number of carboxylic acid groups (broad SMARTS) is 1. The molecular formula is C15H15BrN4O4. The van der Waals surface area contributed by atoms with Crippen LogP contribution in [0.25, 0.3) is 10.9 Å². The van der Waals surface area contributed by atoms with Crippen molar-refractivity contribution in [2.75, 3.05) is 18.4 Å². The number of likely N-dealkylation sites (tertiary alicyclic amines) is 1. The molecule has 2 heterocycles. The second-order valence-corrected chi connectivity index (χ2v) is 6.56. The predicted octanol–water partition coefficient (Wildman–Crippen LogP) is 3.46. The van der Waals surface area contributed by atoms with Crippen LogP contribution < -0.4 is 5.32 Å². The number of carbonyl (C=O) groups is 1. The summed E-state index contributed by atoms with van der Waals surface area (Å²) in [4.78, 5) is 27.5. The molecule has 2 aromatic rings. The first-order valence-corrected chi connectivity index (χ1v) is 8.22. The van der Waals surface area contributed by atoms with Crippen LogP contribution in [0, 0.1) is 10.1 Å². The summed E-state index contributed by atoms with van der Waals surface area (Å²) >= 11 is 3.37. The molecule has 0 aliphatic carbocycles. The van der Waals surface area contributed by atoms with Gasteiger partial charge >= 0.3 is 11.8 Å². The fourth-order valence-corrected chi connectivity index (χ4v) is 3.28. The van der Waals surface area contributed by atoms with Crippen molar-refractivity contribution < 1.29 is 14.8 Å². The van der Waals surface area contributed by atoms with E-state index in [-0.39, 0.29) is 11.7 Å². The Labute approximate surface area is 145 Å². The number of piperidine rings is 1. The van der Waals surface area contributed by atoms with Gasteiger partial charge in [-0.05, 0) is 31.0 Å². The first kappa shape index (κ1) is 16.4. The monoisotopic (exact) mass is 394 g/mol. The third kappa shape index (κ3) is 3.25. The molecule has 1 aromatic heterocycles. The van der Waals surface area contributed by atoms with Crippen molar-refractivity contribution >= 4 is 44.3 Å². The Morgan fingerprint density at radius 1 is 1.50 bits per heavy atom. The number of halogens is 1. The summed E-state index contributed by atoms with van der Waals surface area (Å²) in [6.07, 6.45) is 1.72. The van der Waals surface area contributed by atoms with Gasteiger partial charge in [0.2, 0.25) is 0 Å². The summed E-state index contributed by atoms with van der Waals surface area (Å²) in [5.74, 6) is 0. The molecule has 1 aliphatic heterocycles. The van der Waals surface area contributed by atoms with Crippen molar-refractivity contribution in [2.24, 2.45) is 0 Å². The minimum absolute atomic E-state index is 0.118. The van der Waals surface area contributed by atoms with Gasteiger partial charge in [0, 0.05) is 29.0 Å². The van der Waals surface area contributed by atoms with Gasteiger partial charge in [-0.25, -0.2) is 9.78 Å². The number of amides is 1. The molecule has 3 rings (SSSR count). The molecule has 1 fully saturated rings. The Kier molecular flexibility index (Phi) is 4.52. The van der Waals surface area contributed by atoms with Gasteiger partial charge < -0.3 is 15.3 Å². The first-order valence-electron chi connectivity index (χ1n) is 7.43. The number of aromatic nitrogens is 1. The molecule has 1 aromatic carbocycles. The zero-order chi connectivity index (χ0) is 17.3. The minimum Gasteiger partial charge on any atom is -0.465 e. The Balaban J connectivity index is 2.00. The number of nitrogens with one attached hydrogen (secondary N) is 1. The zero-order valence-corrected chi connectivity index (χ0v) is 14.2. The van der Waals surface area contributed by atoms with Crippen LogP contribution in [0.5, 0.6) is 0 Å². The van der Waals surface area contributed by atoms with Crippen molar-refractivity contribution in [2.45, 2.75) is 18.9 Å². The van der Waals surface area contributed by atoms with Gasteiger partial charge in [-0.3, -0.25) is 10.1 Å². The lowest BCUT2D eigenvalue weighted by atomic mass is 10.0. The number of rotatable bonds is 3. The van der Waals surface area contributed by atoms with Gasteiger partial charge in [0.15, 0.2) is 0 Å². The van der Waals surface area contributed by atoms with Crippen LogP contribution in [0.15, 0.2) is 28.9 Å². The second-order valence-electron chi connectivity index (χ2n) is 5.65. The maximum absolute atomic E-state index is 11.4. The molecule has 24 heavy (non-hydrogen) atoms. The fourth-order valence-electron chi connectivity index (χ4n) is 2.92. The average Bonchev–Trinajstić information content (AvgIpc) is 2.55. The Morgan fingerprint density at radius 2 is 2.29 bits per heavy atom. The number of hydrogen-bond donors (Lipinski definition) is 2. The minimum atomic E-state index is -0.974. The van der Waals surface area contributed by atoms with E-state index in [1.165, 1.54) is 11.1 Å². The van der Waals surface area contributed by atoms with Crippen LogP contribution in [0.3, 0.4) is 0 Å². The van der Waals surface area contributed by atoms with Gasteiger partial charge in [0.25, 0.3) is 0 Å². The quantitative estimate of drug-likeness (QED) is 0.609. The van der Waals surface area contributed by atoms with Gasteiger partial charge in [-0.15, -0.1) is 0 Å². The van der Waals surface area contributed by atoms with Gasteiger partial charge in [0.1, 0.15) is 11.9 Å². The van der Waals surface area contributed by atoms with E-state index in [2.05, 4.69) is 26.2 Å². The SMILES string of the molecule is O=C(O)N1CCC[C@@H](Nc2c([N+](=O)[O-])cnc3ccc(Br)cc23)C1.